The van der Waals surface area contributed by atoms with Gasteiger partial charge in [0.1, 0.15) is 6.04 Å². The van der Waals surface area contributed by atoms with Crippen LogP contribution in [0.4, 0.5) is 0 Å². The van der Waals surface area contributed by atoms with Gasteiger partial charge < -0.3 is 20.5 Å². The molecule has 14 heavy (non-hydrogen) atoms. The van der Waals surface area contributed by atoms with Gasteiger partial charge in [-0.1, -0.05) is 13.3 Å². The number of nitrogens with one attached hydrogen (secondary N) is 1. The van der Waals surface area contributed by atoms with E-state index in [2.05, 4.69) is 12.2 Å². The largest absolute Gasteiger partial charge is 0.355 e. The van der Waals surface area contributed by atoms with E-state index in [9.17, 15) is 4.79 Å². The SMILES string of the molecule is CCCCNC(=O)C(N)C(OC)OC. The van der Waals surface area contributed by atoms with Crippen molar-refractivity contribution in [1.82, 2.24) is 5.32 Å². The van der Waals surface area contributed by atoms with E-state index in [1.165, 1.54) is 14.2 Å². The summed E-state index contributed by atoms with van der Waals surface area (Å²) >= 11 is 0. The average molecular weight is 204 g/mol. The molecule has 0 heterocycles. The highest BCUT2D eigenvalue weighted by Crippen LogP contribution is 1.96. The van der Waals surface area contributed by atoms with Gasteiger partial charge in [0, 0.05) is 20.8 Å². The van der Waals surface area contributed by atoms with E-state index < -0.39 is 12.3 Å². The van der Waals surface area contributed by atoms with Crippen LogP contribution >= 0.6 is 0 Å². The van der Waals surface area contributed by atoms with Crippen LogP contribution < -0.4 is 11.1 Å². The first-order valence-corrected chi connectivity index (χ1v) is 4.76. The van der Waals surface area contributed by atoms with Crippen LogP contribution in [-0.2, 0) is 14.3 Å². The van der Waals surface area contributed by atoms with Gasteiger partial charge in [-0.05, 0) is 6.42 Å². The van der Waals surface area contributed by atoms with Crippen molar-refractivity contribution < 1.29 is 14.3 Å². The van der Waals surface area contributed by atoms with Crippen molar-refractivity contribution in [2.75, 3.05) is 20.8 Å². The van der Waals surface area contributed by atoms with Crippen LogP contribution in [0.3, 0.4) is 0 Å². The van der Waals surface area contributed by atoms with E-state index in [4.69, 9.17) is 15.2 Å². The molecule has 84 valence electrons. The second-order valence-electron chi connectivity index (χ2n) is 3.01. The molecule has 0 saturated carbocycles. The van der Waals surface area contributed by atoms with E-state index in [-0.39, 0.29) is 5.91 Å². The molecular weight excluding hydrogens is 184 g/mol. The molecule has 3 N–H and O–H groups in total. The lowest BCUT2D eigenvalue weighted by molar-refractivity contribution is -0.144. The van der Waals surface area contributed by atoms with Crippen LogP contribution in [0.5, 0.6) is 0 Å². The molecule has 0 spiro atoms. The van der Waals surface area contributed by atoms with E-state index >= 15 is 0 Å². The molecule has 0 rings (SSSR count). The molecule has 1 unspecified atom stereocenters. The quantitative estimate of drug-likeness (QED) is 0.447. The van der Waals surface area contributed by atoms with E-state index in [0.29, 0.717) is 6.54 Å². The number of hydrogen-bond acceptors (Lipinski definition) is 4. The van der Waals surface area contributed by atoms with Crippen LogP contribution in [0.15, 0.2) is 0 Å². The van der Waals surface area contributed by atoms with Gasteiger partial charge in [0.15, 0.2) is 6.29 Å². The summed E-state index contributed by atoms with van der Waals surface area (Å²) in [6.45, 7) is 2.70. The number of carbonyl (C=O) groups excluding carboxylic acids is 1. The van der Waals surface area contributed by atoms with E-state index in [1.54, 1.807) is 0 Å². The first-order valence-electron chi connectivity index (χ1n) is 4.76. The average Bonchev–Trinajstić information content (AvgIpc) is 2.19. The highest BCUT2D eigenvalue weighted by molar-refractivity contribution is 5.81. The molecule has 0 bridgehead atoms. The Morgan fingerprint density at radius 3 is 2.43 bits per heavy atom. The molecular formula is C9H20N2O3. The number of ether oxygens (including phenoxy) is 2. The lowest BCUT2D eigenvalue weighted by Crippen LogP contribution is -2.49. The Morgan fingerprint density at radius 2 is 2.00 bits per heavy atom. The third-order valence-corrected chi connectivity index (χ3v) is 1.89. The summed E-state index contributed by atoms with van der Waals surface area (Å²) in [5.41, 5.74) is 5.60. The Labute approximate surface area is 84.9 Å². The zero-order chi connectivity index (χ0) is 11.0. The molecule has 5 nitrogen and oxygen atoms in total. The van der Waals surface area contributed by atoms with Gasteiger partial charge in [0.05, 0.1) is 0 Å². The normalized spacial score (nSPS) is 12.9. The minimum absolute atomic E-state index is 0.243. The van der Waals surface area contributed by atoms with Gasteiger partial charge in [-0.15, -0.1) is 0 Å². The highest BCUT2D eigenvalue weighted by atomic mass is 16.7. The zero-order valence-corrected chi connectivity index (χ0v) is 9.08. The summed E-state index contributed by atoms with van der Waals surface area (Å²) in [6, 6.07) is -0.776. The van der Waals surface area contributed by atoms with Crippen LogP contribution in [0.1, 0.15) is 19.8 Å². The zero-order valence-electron chi connectivity index (χ0n) is 9.08. The van der Waals surface area contributed by atoms with Gasteiger partial charge in [-0.3, -0.25) is 4.79 Å². The molecule has 0 aliphatic rings. The van der Waals surface area contributed by atoms with Crippen molar-refractivity contribution in [1.29, 1.82) is 0 Å². The number of methoxy groups -OCH3 is 2. The van der Waals surface area contributed by atoms with Crippen molar-refractivity contribution in [3.8, 4) is 0 Å². The maximum atomic E-state index is 11.4. The van der Waals surface area contributed by atoms with Crippen LogP contribution in [0.2, 0.25) is 0 Å². The lowest BCUT2D eigenvalue weighted by atomic mass is 10.2. The molecule has 1 atom stereocenters. The summed E-state index contributed by atoms with van der Waals surface area (Å²) in [6.07, 6.45) is 1.30. The first kappa shape index (κ1) is 13.4. The molecule has 1 amide bonds. The fourth-order valence-corrected chi connectivity index (χ4v) is 1.02. The molecule has 0 aromatic heterocycles. The summed E-state index contributed by atoms with van der Waals surface area (Å²) in [7, 11) is 2.90. The molecule has 0 radical (unpaired) electrons. The number of hydrogen-bond donors (Lipinski definition) is 2. The van der Waals surface area contributed by atoms with Gasteiger partial charge in [0.25, 0.3) is 0 Å². The minimum Gasteiger partial charge on any atom is -0.355 e. The topological polar surface area (TPSA) is 73.6 Å². The number of carbonyl (C=O) groups is 1. The Morgan fingerprint density at radius 1 is 1.43 bits per heavy atom. The lowest BCUT2D eigenvalue weighted by Gasteiger charge is -2.20. The Balaban J connectivity index is 3.84. The van der Waals surface area contributed by atoms with Crippen molar-refractivity contribution in [3.63, 3.8) is 0 Å². The summed E-state index contributed by atoms with van der Waals surface area (Å²) in [5.74, 6) is -0.243. The monoisotopic (exact) mass is 204 g/mol. The second-order valence-corrected chi connectivity index (χ2v) is 3.01. The van der Waals surface area contributed by atoms with Gasteiger partial charge >= 0.3 is 0 Å². The van der Waals surface area contributed by atoms with Crippen molar-refractivity contribution in [2.24, 2.45) is 5.73 Å². The minimum atomic E-state index is -0.776. The third kappa shape index (κ3) is 4.55. The molecule has 0 aromatic carbocycles. The fourth-order valence-electron chi connectivity index (χ4n) is 1.02. The summed E-state index contributed by atoms with van der Waals surface area (Å²) in [5, 5.41) is 2.71. The molecule has 0 saturated heterocycles. The Kier molecular flexibility index (Phi) is 7.37. The molecule has 0 fully saturated rings. The third-order valence-electron chi connectivity index (χ3n) is 1.89. The van der Waals surface area contributed by atoms with Crippen LogP contribution in [0.25, 0.3) is 0 Å². The summed E-state index contributed by atoms with van der Waals surface area (Å²) in [4.78, 5) is 11.4. The number of rotatable bonds is 7. The predicted octanol–water partition coefficient (Wildman–Crippen LogP) is -0.151. The van der Waals surface area contributed by atoms with Gasteiger partial charge in [-0.2, -0.15) is 0 Å². The summed E-state index contributed by atoms with van der Waals surface area (Å²) < 4.78 is 9.76. The number of nitrogens with two attached hydrogens (primary N) is 1. The second kappa shape index (κ2) is 7.73. The first-order chi connectivity index (χ1) is 6.67. The number of unbranched alkanes of at least 4 members (excludes halogenated alkanes) is 1. The number of amides is 1. The van der Waals surface area contributed by atoms with Crippen molar-refractivity contribution in [2.45, 2.75) is 32.1 Å². The fraction of sp³-hybridized carbons (Fsp3) is 0.889. The Bertz CT molecular complexity index is 160. The van der Waals surface area contributed by atoms with Gasteiger partial charge in [0.2, 0.25) is 5.91 Å². The van der Waals surface area contributed by atoms with Gasteiger partial charge in [-0.25, -0.2) is 0 Å². The molecule has 0 aliphatic carbocycles. The van der Waals surface area contributed by atoms with Crippen LogP contribution in [-0.4, -0.2) is 39.0 Å². The van der Waals surface area contributed by atoms with Crippen molar-refractivity contribution >= 4 is 5.91 Å². The highest BCUT2D eigenvalue weighted by Gasteiger charge is 2.23. The maximum Gasteiger partial charge on any atom is 0.242 e. The molecule has 0 aliphatic heterocycles. The van der Waals surface area contributed by atoms with E-state index in [1.807, 2.05) is 0 Å². The van der Waals surface area contributed by atoms with Crippen molar-refractivity contribution in [3.05, 3.63) is 0 Å². The maximum absolute atomic E-state index is 11.4. The predicted molar refractivity (Wildman–Crippen MR) is 53.7 cm³/mol. The van der Waals surface area contributed by atoms with Crippen LogP contribution in [0, 0.1) is 0 Å². The smallest absolute Gasteiger partial charge is 0.242 e. The molecule has 5 heteroatoms. The molecule has 0 aromatic rings. The standard InChI is InChI=1S/C9H20N2O3/c1-4-5-6-11-8(12)7(10)9(13-2)14-3/h7,9H,4-6,10H2,1-3H3,(H,11,12). The van der Waals surface area contributed by atoms with E-state index in [0.717, 1.165) is 12.8 Å². The Hall–Kier alpha value is -0.650.